The summed E-state index contributed by atoms with van der Waals surface area (Å²) in [5.41, 5.74) is 0.756. The number of nitrogens with zero attached hydrogens (tertiary/aromatic N) is 3. The molecule has 2 heterocycles. The predicted molar refractivity (Wildman–Crippen MR) is 85.8 cm³/mol. The molecular formula is C16H28N4O3. The van der Waals surface area contributed by atoms with Gasteiger partial charge < -0.3 is 14.8 Å². The molecule has 7 nitrogen and oxygen atoms in total. The minimum Gasteiger partial charge on any atom is -0.377 e. The van der Waals surface area contributed by atoms with Gasteiger partial charge in [0.1, 0.15) is 17.8 Å². The van der Waals surface area contributed by atoms with E-state index in [4.69, 9.17) is 9.47 Å². The van der Waals surface area contributed by atoms with E-state index in [1.54, 1.807) is 11.8 Å². The van der Waals surface area contributed by atoms with Gasteiger partial charge in [0.05, 0.1) is 26.0 Å². The van der Waals surface area contributed by atoms with Crippen LogP contribution in [0, 0.1) is 5.92 Å². The quantitative estimate of drug-likeness (QED) is 0.748. The number of rotatable bonds is 9. The number of carbonyl (C=O) groups is 1. The Kier molecular flexibility index (Phi) is 6.98. The predicted octanol–water partition coefficient (Wildman–Crippen LogP) is 1.70. The summed E-state index contributed by atoms with van der Waals surface area (Å²) >= 11 is 0. The molecule has 0 bridgehead atoms. The first-order valence-corrected chi connectivity index (χ1v) is 8.48. The lowest BCUT2D eigenvalue weighted by molar-refractivity contribution is -0.125. The summed E-state index contributed by atoms with van der Waals surface area (Å²) in [6.07, 6.45) is 5.77. The van der Waals surface area contributed by atoms with Crippen LogP contribution in [-0.4, -0.2) is 47.3 Å². The van der Waals surface area contributed by atoms with Crippen molar-refractivity contribution in [3.05, 3.63) is 11.9 Å². The molecule has 1 amide bonds. The third-order valence-electron chi connectivity index (χ3n) is 4.29. The second-order valence-electron chi connectivity index (χ2n) is 6.06. The number of hydrogen-bond donors (Lipinski definition) is 1. The standard InChI is InChI=1S/C16H28N4O3/c1-4-6-12(7-5-2)16(21)17-8-13-9-20(19-18-13)14-10-23-11-15(14)22-3/h9,12,14-15H,4-8,10-11H2,1-3H3,(H,17,21)/t14-,15-/m1/s1. The summed E-state index contributed by atoms with van der Waals surface area (Å²) < 4.78 is 12.6. The maximum atomic E-state index is 12.3. The van der Waals surface area contributed by atoms with Crippen molar-refractivity contribution in [3.63, 3.8) is 0 Å². The Morgan fingerprint density at radius 1 is 1.43 bits per heavy atom. The van der Waals surface area contributed by atoms with Gasteiger partial charge in [-0.15, -0.1) is 5.10 Å². The van der Waals surface area contributed by atoms with Gasteiger partial charge in [-0.3, -0.25) is 4.79 Å². The number of aromatic nitrogens is 3. The van der Waals surface area contributed by atoms with Gasteiger partial charge in [0, 0.05) is 13.0 Å². The molecule has 0 aliphatic carbocycles. The van der Waals surface area contributed by atoms with Crippen LogP contribution < -0.4 is 5.32 Å². The van der Waals surface area contributed by atoms with Gasteiger partial charge in [0.15, 0.2) is 0 Å². The zero-order valence-corrected chi connectivity index (χ0v) is 14.3. The Morgan fingerprint density at radius 3 is 2.83 bits per heavy atom. The molecule has 1 aromatic heterocycles. The highest BCUT2D eigenvalue weighted by molar-refractivity contribution is 5.78. The minimum atomic E-state index is -0.00219. The van der Waals surface area contributed by atoms with Crippen LogP contribution in [0.4, 0.5) is 0 Å². The Bertz CT molecular complexity index is 485. The monoisotopic (exact) mass is 324 g/mol. The zero-order chi connectivity index (χ0) is 16.7. The molecule has 0 radical (unpaired) electrons. The normalized spacial score (nSPS) is 21.0. The van der Waals surface area contributed by atoms with E-state index < -0.39 is 0 Å². The van der Waals surface area contributed by atoms with Gasteiger partial charge in [-0.25, -0.2) is 4.68 Å². The van der Waals surface area contributed by atoms with Crippen molar-refractivity contribution in [2.75, 3.05) is 20.3 Å². The highest BCUT2D eigenvalue weighted by Crippen LogP contribution is 2.21. The molecule has 23 heavy (non-hydrogen) atoms. The fourth-order valence-electron chi connectivity index (χ4n) is 2.98. The lowest BCUT2D eigenvalue weighted by Gasteiger charge is -2.15. The van der Waals surface area contributed by atoms with Crippen molar-refractivity contribution < 1.29 is 14.3 Å². The molecule has 2 rings (SSSR count). The molecule has 1 aliphatic rings. The molecule has 1 aromatic rings. The van der Waals surface area contributed by atoms with E-state index in [0.29, 0.717) is 19.8 Å². The van der Waals surface area contributed by atoms with Gasteiger partial charge in [-0.2, -0.15) is 0 Å². The second-order valence-corrected chi connectivity index (χ2v) is 6.06. The van der Waals surface area contributed by atoms with Crippen molar-refractivity contribution in [1.82, 2.24) is 20.3 Å². The smallest absolute Gasteiger partial charge is 0.223 e. The van der Waals surface area contributed by atoms with Gasteiger partial charge in [-0.05, 0) is 12.8 Å². The Balaban J connectivity index is 1.88. The molecular weight excluding hydrogens is 296 g/mol. The number of hydrogen-bond acceptors (Lipinski definition) is 5. The van der Waals surface area contributed by atoms with Crippen LogP contribution in [0.3, 0.4) is 0 Å². The summed E-state index contributed by atoms with van der Waals surface area (Å²) in [5, 5.41) is 11.3. The van der Waals surface area contributed by atoms with Crippen LogP contribution in [0.25, 0.3) is 0 Å². The van der Waals surface area contributed by atoms with Crippen LogP contribution in [0.2, 0.25) is 0 Å². The maximum absolute atomic E-state index is 12.3. The highest BCUT2D eigenvalue weighted by atomic mass is 16.5. The van der Waals surface area contributed by atoms with Gasteiger partial charge in [-0.1, -0.05) is 31.9 Å². The van der Waals surface area contributed by atoms with Gasteiger partial charge >= 0.3 is 0 Å². The van der Waals surface area contributed by atoms with Crippen LogP contribution in [0.5, 0.6) is 0 Å². The molecule has 2 atom stereocenters. The third-order valence-corrected chi connectivity index (χ3v) is 4.29. The van der Waals surface area contributed by atoms with E-state index in [0.717, 1.165) is 31.4 Å². The first kappa shape index (κ1) is 17.9. The molecule has 1 fully saturated rings. The first-order valence-electron chi connectivity index (χ1n) is 8.48. The van der Waals surface area contributed by atoms with E-state index >= 15 is 0 Å². The number of nitrogens with one attached hydrogen (secondary N) is 1. The van der Waals surface area contributed by atoms with Crippen LogP contribution in [0.1, 0.15) is 51.3 Å². The average Bonchev–Trinajstić information content (AvgIpc) is 3.20. The summed E-state index contributed by atoms with van der Waals surface area (Å²) in [6, 6.07) is 0.0462. The van der Waals surface area contributed by atoms with E-state index in [2.05, 4.69) is 29.5 Å². The van der Waals surface area contributed by atoms with Gasteiger partial charge in [0.25, 0.3) is 0 Å². The molecule has 0 unspecified atom stereocenters. The number of methoxy groups -OCH3 is 1. The van der Waals surface area contributed by atoms with Gasteiger partial charge in [0.2, 0.25) is 5.91 Å². The summed E-state index contributed by atoms with van der Waals surface area (Å²) in [7, 11) is 1.67. The molecule has 130 valence electrons. The zero-order valence-electron chi connectivity index (χ0n) is 14.3. The lowest BCUT2D eigenvalue weighted by Crippen LogP contribution is -2.30. The summed E-state index contributed by atoms with van der Waals surface area (Å²) in [4.78, 5) is 12.3. The topological polar surface area (TPSA) is 78.3 Å². The van der Waals surface area contributed by atoms with Crippen molar-refractivity contribution in [1.29, 1.82) is 0 Å². The van der Waals surface area contributed by atoms with Crippen molar-refractivity contribution in [3.8, 4) is 0 Å². The third kappa shape index (κ3) is 4.75. The highest BCUT2D eigenvalue weighted by Gasteiger charge is 2.30. The second kappa shape index (κ2) is 8.98. The van der Waals surface area contributed by atoms with Crippen molar-refractivity contribution >= 4 is 5.91 Å². The van der Waals surface area contributed by atoms with Crippen LogP contribution in [-0.2, 0) is 20.8 Å². The molecule has 0 saturated carbocycles. The molecule has 0 spiro atoms. The fraction of sp³-hybridized carbons (Fsp3) is 0.812. The number of carbonyl (C=O) groups excluding carboxylic acids is 1. The van der Waals surface area contributed by atoms with E-state index in [1.807, 2.05) is 6.20 Å². The maximum Gasteiger partial charge on any atom is 0.223 e. The van der Waals surface area contributed by atoms with E-state index in [1.165, 1.54) is 0 Å². The minimum absolute atomic E-state index is 0.00219. The molecule has 1 aliphatic heterocycles. The Labute approximate surface area is 137 Å². The first-order chi connectivity index (χ1) is 11.2. The molecule has 1 saturated heterocycles. The van der Waals surface area contributed by atoms with Crippen LogP contribution >= 0.6 is 0 Å². The molecule has 0 aromatic carbocycles. The van der Waals surface area contributed by atoms with E-state index in [-0.39, 0.29) is 24.0 Å². The molecule has 1 N–H and O–H groups in total. The average molecular weight is 324 g/mol. The Hall–Kier alpha value is -1.47. The van der Waals surface area contributed by atoms with Crippen LogP contribution in [0.15, 0.2) is 6.20 Å². The van der Waals surface area contributed by atoms with Crippen molar-refractivity contribution in [2.24, 2.45) is 5.92 Å². The Morgan fingerprint density at radius 2 is 2.17 bits per heavy atom. The fourth-order valence-corrected chi connectivity index (χ4v) is 2.98. The summed E-state index contributed by atoms with van der Waals surface area (Å²) in [5.74, 6) is 0.211. The lowest BCUT2D eigenvalue weighted by atomic mass is 9.97. The number of ether oxygens (including phenoxy) is 2. The SMILES string of the molecule is CCCC(CCC)C(=O)NCc1cn([C@@H]2COC[C@H]2OC)nn1. The summed E-state index contributed by atoms with van der Waals surface area (Å²) in [6.45, 7) is 5.77. The van der Waals surface area contributed by atoms with Crippen molar-refractivity contribution in [2.45, 2.75) is 58.2 Å². The molecule has 7 heteroatoms. The number of amides is 1. The largest absolute Gasteiger partial charge is 0.377 e. The van der Waals surface area contributed by atoms with E-state index in [9.17, 15) is 4.79 Å².